The third-order valence-corrected chi connectivity index (χ3v) is 4.34. The molecule has 1 aromatic rings. The van der Waals surface area contributed by atoms with E-state index in [1.807, 2.05) is 32.2 Å². The Labute approximate surface area is 132 Å². The first kappa shape index (κ1) is 16.1. The Morgan fingerprint density at radius 3 is 2.81 bits per heavy atom. The van der Waals surface area contributed by atoms with Crippen LogP contribution in [0, 0.1) is 12.8 Å². The van der Waals surface area contributed by atoms with E-state index < -0.39 is 0 Å². The van der Waals surface area contributed by atoms with Gasteiger partial charge in [0.05, 0.1) is 0 Å². The van der Waals surface area contributed by atoms with Crippen LogP contribution in [0.3, 0.4) is 0 Å². The van der Waals surface area contributed by atoms with Crippen LogP contribution in [0.4, 0.5) is 5.69 Å². The lowest BCUT2D eigenvalue weighted by atomic mass is 9.95. The normalized spacial score (nSPS) is 19.4. The monoisotopic (exact) mass is 305 g/mol. The van der Waals surface area contributed by atoms with E-state index in [0.29, 0.717) is 5.92 Å². The topological polar surface area (TPSA) is 27.6 Å². The number of anilines is 1. The fourth-order valence-corrected chi connectivity index (χ4v) is 3.05. The molecule has 0 saturated carbocycles. The van der Waals surface area contributed by atoms with Crippen LogP contribution in [0.5, 0.6) is 0 Å². The van der Waals surface area contributed by atoms with Crippen molar-refractivity contribution in [2.45, 2.75) is 26.7 Å². The predicted molar refractivity (Wildman–Crippen MR) is 92.4 cm³/mol. The molecule has 4 heteroatoms. The Bertz CT molecular complexity index is 545. The number of hydrogen-bond acceptors (Lipinski definition) is 2. The van der Waals surface area contributed by atoms with Crippen LogP contribution in [0.2, 0.25) is 5.02 Å². The molecule has 0 aromatic heterocycles. The van der Waals surface area contributed by atoms with Crippen molar-refractivity contribution in [1.29, 1.82) is 0 Å². The van der Waals surface area contributed by atoms with Gasteiger partial charge in [-0.2, -0.15) is 0 Å². The molecule has 1 aliphatic rings. The van der Waals surface area contributed by atoms with Gasteiger partial charge in [-0.05, 0) is 57.0 Å². The molecule has 1 aromatic carbocycles. The second-order valence-electron chi connectivity index (χ2n) is 5.57. The van der Waals surface area contributed by atoms with Crippen LogP contribution in [-0.2, 0) is 0 Å². The molecule has 0 radical (unpaired) electrons. The zero-order valence-electron chi connectivity index (χ0n) is 13.1. The molecular weight excluding hydrogens is 282 g/mol. The molecule has 0 spiro atoms. The highest BCUT2D eigenvalue weighted by molar-refractivity contribution is 6.30. The number of amidine groups is 1. The lowest BCUT2D eigenvalue weighted by Gasteiger charge is -2.34. The summed E-state index contributed by atoms with van der Waals surface area (Å²) in [7, 11) is 1.82. The van der Waals surface area contributed by atoms with Crippen LogP contribution >= 0.6 is 11.6 Å². The molecule has 0 bridgehead atoms. The first-order valence-corrected chi connectivity index (χ1v) is 7.81. The average Bonchev–Trinajstić information content (AvgIpc) is 2.50. The second-order valence-corrected chi connectivity index (χ2v) is 6.01. The SMILES string of the molecule is C=C(C1CCCNC1)N(C(C)=NC)c1ccc(Cl)cc1C. The average molecular weight is 306 g/mol. The van der Waals surface area contributed by atoms with Crippen LogP contribution < -0.4 is 10.2 Å². The Hall–Kier alpha value is -1.32. The number of piperidine rings is 1. The van der Waals surface area contributed by atoms with Gasteiger partial charge in [-0.15, -0.1) is 0 Å². The van der Waals surface area contributed by atoms with Crippen LogP contribution in [-0.4, -0.2) is 26.0 Å². The third kappa shape index (κ3) is 3.66. The van der Waals surface area contributed by atoms with Crippen molar-refractivity contribution in [2.75, 3.05) is 25.0 Å². The van der Waals surface area contributed by atoms with Crippen LogP contribution in [0.25, 0.3) is 0 Å². The first-order valence-electron chi connectivity index (χ1n) is 7.43. The zero-order valence-corrected chi connectivity index (χ0v) is 13.9. The van der Waals surface area contributed by atoms with Crippen LogP contribution in [0.1, 0.15) is 25.3 Å². The minimum Gasteiger partial charge on any atom is -0.316 e. The quantitative estimate of drug-likeness (QED) is 0.675. The molecule has 1 N–H and O–H groups in total. The highest BCUT2D eigenvalue weighted by Gasteiger charge is 2.24. The summed E-state index contributed by atoms with van der Waals surface area (Å²) in [6.45, 7) is 10.5. The number of benzene rings is 1. The molecular formula is C17H24ClN3. The number of halogens is 1. The van der Waals surface area contributed by atoms with E-state index in [4.69, 9.17) is 11.6 Å². The maximum absolute atomic E-state index is 6.08. The number of aryl methyl sites for hydroxylation is 1. The van der Waals surface area contributed by atoms with Gasteiger partial charge in [0, 0.05) is 35.9 Å². The second kappa shape index (κ2) is 7.10. The van der Waals surface area contributed by atoms with Crippen molar-refractivity contribution in [3.8, 4) is 0 Å². The maximum atomic E-state index is 6.08. The molecule has 21 heavy (non-hydrogen) atoms. The van der Waals surface area contributed by atoms with Gasteiger partial charge in [0.1, 0.15) is 5.84 Å². The molecule has 3 nitrogen and oxygen atoms in total. The van der Waals surface area contributed by atoms with Crippen molar-refractivity contribution in [3.05, 3.63) is 41.1 Å². The minimum atomic E-state index is 0.450. The van der Waals surface area contributed by atoms with Crippen molar-refractivity contribution >= 4 is 23.1 Å². The highest BCUT2D eigenvalue weighted by Crippen LogP contribution is 2.31. The van der Waals surface area contributed by atoms with Gasteiger partial charge in [0.2, 0.25) is 0 Å². The summed E-state index contributed by atoms with van der Waals surface area (Å²) in [5.74, 6) is 1.40. The van der Waals surface area contributed by atoms with E-state index in [0.717, 1.165) is 40.9 Å². The van der Waals surface area contributed by atoms with E-state index >= 15 is 0 Å². The maximum Gasteiger partial charge on any atom is 0.104 e. The zero-order chi connectivity index (χ0) is 15.4. The van der Waals surface area contributed by atoms with Crippen molar-refractivity contribution in [1.82, 2.24) is 5.32 Å². The summed E-state index contributed by atoms with van der Waals surface area (Å²) < 4.78 is 0. The number of nitrogens with zero attached hydrogens (tertiary/aromatic N) is 2. The molecule has 1 saturated heterocycles. The Kier molecular flexibility index (Phi) is 5.43. The van der Waals surface area contributed by atoms with E-state index in [2.05, 4.69) is 28.7 Å². The summed E-state index contributed by atoms with van der Waals surface area (Å²) >= 11 is 6.08. The van der Waals surface area contributed by atoms with Crippen molar-refractivity contribution in [2.24, 2.45) is 10.9 Å². The van der Waals surface area contributed by atoms with Crippen molar-refractivity contribution in [3.63, 3.8) is 0 Å². The highest BCUT2D eigenvalue weighted by atomic mass is 35.5. The number of nitrogens with one attached hydrogen (secondary N) is 1. The van der Waals surface area contributed by atoms with E-state index in [-0.39, 0.29) is 0 Å². The molecule has 1 aliphatic heterocycles. The summed E-state index contributed by atoms with van der Waals surface area (Å²) in [4.78, 5) is 6.54. The van der Waals surface area contributed by atoms with E-state index in [1.165, 1.54) is 12.8 Å². The standard InChI is InChI=1S/C17H24ClN3/c1-12-10-16(18)7-8-17(12)21(14(3)19-4)13(2)15-6-5-9-20-11-15/h7-8,10,15,20H,2,5-6,9,11H2,1,3-4H3. The van der Waals surface area contributed by atoms with Gasteiger partial charge < -0.3 is 10.2 Å². The van der Waals surface area contributed by atoms with Gasteiger partial charge in [0.15, 0.2) is 0 Å². The molecule has 1 atom stereocenters. The van der Waals surface area contributed by atoms with Gasteiger partial charge in [-0.1, -0.05) is 18.2 Å². The number of aliphatic imine (C=N–C) groups is 1. The molecule has 1 heterocycles. The number of hydrogen-bond donors (Lipinski definition) is 1. The van der Waals surface area contributed by atoms with Gasteiger partial charge >= 0.3 is 0 Å². The van der Waals surface area contributed by atoms with Gasteiger partial charge in [-0.3, -0.25) is 4.99 Å². The third-order valence-electron chi connectivity index (χ3n) is 4.10. The summed E-state index contributed by atoms with van der Waals surface area (Å²) in [6.07, 6.45) is 2.37. The molecule has 1 unspecified atom stereocenters. The molecule has 114 valence electrons. The minimum absolute atomic E-state index is 0.450. The lowest BCUT2D eigenvalue weighted by molar-refractivity contribution is 0.420. The Morgan fingerprint density at radius 2 is 2.24 bits per heavy atom. The summed E-state index contributed by atoms with van der Waals surface area (Å²) in [5, 5.41) is 4.21. The fourth-order valence-electron chi connectivity index (χ4n) is 2.83. The fraction of sp³-hybridized carbons (Fsp3) is 0.471. The Balaban J connectivity index is 2.36. The summed E-state index contributed by atoms with van der Waals surface area (Å²) in [6, 6.07) is 5.96. The predicted octanol–water partition coefficient (Wildman–Crippen LogP) is 4.02. The lowest BCUT2D eigenvalue weighted by Crippen LogP contribution is -2.38. The Morgan fingerprint density at radius 1 is 1.48 bits per heavy atom. The number of rotatable bonds is 3. The molecule has 1 fully saturated rings. The molecule has 0 amide bonds. The first-order chi connectivity index (χ1) is 10.0. The largest absolute Gasteiger partial charge is 0.316 e. The van der Waals surface area contributed by atoms with E-state index in [1.54, 1.807) is 0 Å². The summed E-state index contributed by atoms with van der Waals surface area (Å²) in [5.41, 5.74) is 3.35. The van der Waals surface area contributed by atoms with E-state index in [9.17, 15) is 0 Å². The van der Waals surface area contributed by atoms with Gasteiger partial charge in [0.25, 0.3) is 0 Å². The smallest absolute Gasteiger partial charge is 0.104 e. The molecule has 0 aliphatic carbocycles. The molecule has 2 rings (SSSR count). The van der Waals surface area contributed by atoms with Gasteiger partial charge in [-0.25, -0.2) is 0 Å². The van der Waals surface area contributed by atoms with Crippen molar-refractivity contribution < 1.29 is 0 Å². The van der Waals surface area contributed by atoms with Crippen LogP contribution in [0.15, 0.2) is 35.5 Å².